The Morgan fingerprint density at radius 2 is 2.14 bits per heavy atom. The summed E-state index contributed by atoms with van der Waals surface area (Å²) in [6.45, 7) is 8.20. The Morgan fingerprint density at radius 3 is 2.82 bits per heavy atom. The maximum atomic E-state index is 12.0. The van der Waals surface area contributed by atoms with Crippen molar-refractivity contribution in [3.05, 3.63) is 40.9 Å². The Morgan fingerprint density at radius 1 is 1.41 bits per heavy atom. The van der Waals surface area contributed by atoms with Gasteiger partial charge in [-0.25, -0.2) is 0 Å². The monoisotopic (exact) mass is 322 g/mol. The standard InChI is InChI=1S/C17H23ClN2O2/c1-17(2,20-8-10-22-11-9-20)13-19-16(21)7-6-14-4-3-5-15(18)12-14/h3-7,12H,8-11,13H2,1-2H3,(H,19,21)/b7-6+. The summed E-state index contributed by atoms with van der Waals surface area (Å²) in [7, 11) is 0. The number of nitrogens with zero attached hydrogens (tertiary/aromatic N) is 1. The SMILES string of the molecule is CC(C)(CNC(=O)/C=C/c1cccc(Cl)c1)N1CCOCC1. The minimum atomic E-state index is -0.0960. The lowest BCUT2D eigenvalue weighted by Gasteiger charge is -2.40. The number of ether oxygens (including phenoxy) is 1. The van der Waals surface area contributed by atoms with Crippen molar-refractivity contribution in [1.82, 2.24) is 10.2 Å². The Kier molecular flexibility index (Phi) is 6.00. The van der Waals surface area contributed by atoms with Crippen molar-refractivity contribution < 1.29 is 9.53 Å². The first-order valence-electron chi connectivity index (χ1n) is 7.52. The predicted octanol–water partition coefficient (Wildman–Crippen LogP) is 2.58. The molecule has 1 fully saturated rings. The van der Waals surface area contributed by atoms with Gasteiger partial charge in [-0.1, -0.05) is 23.7 Å². The van der Waals surface area contributed by atoms with Gasteiger partial charge in [-0.15, -0.1) is 0 Å². The largest absolute Gasteiger partial charge is 0.379 e. The molecule has 1 aromatic carbocycles. The number of amides is 1. The van der Waals surface area contributed by atoms with Crippen LogP contribution in [0.4, 0.5) is 0 Å². The van der Waals surface area contributed by atoms with Crippen LogP contribution in [0, 0.1) is 0 Å². The second-order valence-electron chi connectivity index (χ2n) is 6.02. The van der Waals surface area contributed by atoms with Crippen LogP contribution in [0.15, 0.2) is 30.3 Å². The van der Waals surface area contributed by atoms with Gasteiger partial charge >= 0.3 is 0 Å². The lowest BCUT2D eigenvalue weighted by Crippen LogP contribution is -2.55. The highest BCUT2D eigenvalue weighted by Crippen LogP contribution is 2.15. The summed E-state index contributed by atoms with van der Waals surface area (Å²) >= 11 is 5.92. The quantitative estimate of drug-likeness (QED) is 0.847. The number of morpholine rings is 1. The normalized spacial score (nSPS) is 16.9. The van der Waals surface area contributed by atoms with Crippen molar-refractivity contribution in [1.29, 1.82) is 0 Å². The van der Waals surface area contributed by atoms with Crippen molar-refractivity contribution in [2.75, 3.05) is 32.8 Å². The zero-order chi connectivity index (χ0) is 16.0. The first-order chi connectivity index (χ1) is 10.5. The molecule has 0 unspecified atom stereocenters. The molecule has 0 spiro atoms. The van der Waals surface area contributed by atoms with E-state index in [9.17, 15) is 4.79 Å². The highest BCUT2D eigenvalue weighted by Gasteiger charge is 2.28. The first kappa shape index (κ1) is 17.0. The molecule has 120 valence electrons. The molecule has 1 amide bonds. The van der Waals surface area contributed by atoms with Crippen molar-refractivity contribution in [2.45, 2.75) is 19.4 Å². The minimum absolute atomic E-state index is 0.0800. The van der Waals surface area contributed by atoms with E-state index in [1.807, 2.05) is 24.3 Å². The van der Waals surface area contributed by atoms with Crippen LogP contribution in [0.25, 0.3) is 6.08 Å². The summed E-state index contributed by atoms with van der Waals surface area (Å²) < 4.78 is 5.37. The van der Waals surface area contributed by atoms with Crippen LogP contribution in [-0.4, -0.2) is 49.2 Å². The molecular formula is C17H23ClN2O2. The van der Waals surface area contributed by atoms with Gasteiger partial charge in [0.1, 0.15) is 0 Å². The van der Waals surface area contributed by atoms with E-state index >= 15 is 0 Å². The van der Waals surface area contributed by atoms with Crippen molar-refractivity contribution in [3.63, 3.8) is 0 Å². The maximum absolute atomic E-state index is 12.0. The van der Waals surface area contributed by atoms with Crippen LogP contribution < -0.4 is 5.32 Å². The van der Waals surface area contributed by atoms with Crippen molar-refractivity contribution >= 4 is 23.6 Å². The van der Waals surface area contributed by atoms with E-state index < -0.39 is 0 Å². The van der Waals surface area contributed by atoms with Crippen LogP contribution in [0.2, 0.25) is 5.02 Å². The van der Waals surface area contributed by atoms with E-state index in [0.717, 1.165) is 31.9 Å². The Labute approximate surface area is 137 Å². The van der Waals surface area contributed by atoms with E-state index in [1.165, 1.54) is 0 Å². The van der Waals surface area contributed by atoms with E-state index in [-0.39, 0.29) is 11.4 Å². The topological polar surface area (TPSA) is 41.6 Å². The van der Waals surface area contributed by atoms with Crippen LogP contribution in [0.1, 0.15) is 19.4 Å². The van der Waals surface area contributed by atoms with Crippen LogP contribution in [0.3, 0.4) is 0 Å². The Balaban J connectivity index is 1.84. The number of hydrogen-bond donors (Lipinski definition) is 1. The van der Waals surface area contributed by atoms with Gasteiger partial charge in [-0.05, 0) is 37.6 Å². The molecule has 2 rings (SSSR count). The van der Waals surface area contributed by atoms with Gasteiger partial charge in [0.15, 0.2) is 0 Å². The number of rotatable bonds is 5. The molecule has 0 radical (unpaired) electrons. The second kappa shape index (κ2) is 7.77. The summed E-state index contributed by atoms with van der Waals surface area (Å²) in [6, 6.07) is 7.40. The molecule has 5 heteroatoms. The smallest absolute Gasteiger partial charge is 0.244 e. The fraction of sp³-hybridized carbons (Fsp3) is 0.471. The van der Waals surface area contributed by atoms with Crippen LogP contribution in [-0.2, 0) is 9.53 Å². The Bertz CT molecular complexity index is 537. The summed E-state index contributed by atoms with van der Waals surface area (Å²) in [5.74, 6) is -0.0960. The van der Waals surface area contributed by atoms with Gasteiger partial charge in [0.25, 0.3) is 0 Å². The predicted molar refractivity (Wildman–Crippen MR) is 90.0 cm³/mol. The van der Waals surface area contributed by atoms with Crippen LogP contribution in [0.5, 0.6) is 0 Å². The third-order valence-electron chi connectivity index (χ3n) is 3.84. The third kappa shape index (κ3) is 5.13. The minimum Gasteiger partial charge on any atom is -0.379 e. The summed E-state index contributed by atoms with van der Waals surface area (Å²) in [5.41, 5.74) is 0.832. The summed E-state index contributed by atoms with van der Waals surface area (Å²) in [4.78, 5) is 14.3. The zero-order valence-corrected chi connectivity index (χ0v) is 13.9. The number of hydrogen-bond acceptors (Lipinski definition) is 3. The van der Waals surface area contributed by atoms with E-state index in [4.69, 9.17) is 16.3 Å². The lowest BCUT2D eigenvalue weighted by atomic mass is 10.0. The maximum Gasteiger partial charge on any atom is 0.244 e. The van der Waals surface area contributed by atoms with Gasteiger partial charge < -0.3 is 10.1 Å². The molecule has 1 heterocycles. The average Bonchev–Trinajstić information content (AvgIpc) is 2.52. The lowest BCUT2D eigenvalue weighted by molar-refractivity contribution is -0.117. The zero-order valence-electron chi connectivity index (χ0n) is 13.1. The van der Waals surface area contributed by atoms with E-state index in [1.54, 1.807) is 12.2 Å². The summed E-state index contributed by atoms with van der Waals surface area (Å²) in [5, 5.41) is 3.63. The molecule has 1 aliphatic heterocycles. The molecule has 1 saturated heterocycles. The average molecular weight is 323 g/mol. The second-order valence-corrected chi connectivity index (χ2v) is 6.45. The fourth-order valence-electron chi connectivity index (χ4n) is 2.43. The highest BCUT2D eigenvalue weighted by atomic mass is 35.5. The molecule has 4 nitrogen and oxygen atoms in total. The highest BCUT2D eigenvalue weighted by molar-refractivity contribution is 6.30. The number of benzene rings is 1. The molecule has 1 aromatic rings. The van der Waals surface area contributed by atoms with Gasteiger partial charge in [0.2, 0.25) is 5.91 Å². The van der Waals surface area contributed by atoms with Crippen LogP contribution >= 0.6 is 11.6 Å². The molecule has 0 aliphatic carbocycles. The number of nitrogens with one attached hydrogen (secondary N) is 1. The van der Waals surface area contributed by atoms with Crippen molar-refractivity contribution in [2.24, 2.45) is 0 Å². The Hall–Kier alpha value is -1.36. The number of halogens is 1. The molecule has 22 heavy (non-hydrogen) atoms. The first-order valence-corrected chi connectivity index (χ1v) is 7.89. The molecule has 0 bridgehead atoms. The third-order valence-corrected chi connectivity index (χ3v) is 4.07. The van der Waals surface area contributed by atoms with Gasteiger partial charge in [-0.2, -0.15) is 0 Å². The number of carbonyl (C=O) groups excluding carboxylic acids is 1. The van der Waals surface area contributed by atoms with Gasteiger partial charge in [-0.3, -0.25) is 9.69 Å². The summed E-state index contributed by atoms with van der Waals surface area (Å²) in [6.07, 6.45) is 3.31. The molecular weight excluding hydrogens is 300 g/mol. The molecule has 1 aliphatic rings. The van der Waals surface area contributed by atoms with E-state index in [0.29, 0.717) is 11.6 Å². The van der Waals surface area contributed by atoms with Gasteiger partial charge in [0, 0.05) is 36.3 Å². The van der Waals surface area contributed by atoms with E-state index in [2.05, 4.69) is 24.1 Å². The number of carbonyl (C=O) groups is 1. The van der Waals surface area contributed by atoms with Gasteiger partial charge in [0.05, 0.1) is 13.2 Å². The fourth-order valence-corrected chi connectivity index (χ4v) is 2.62. The molecule has 0 saturated carbocycles. The molecule has 0 atom stereocenters. The molecule has 1 N–H and O–H groups in total. The van der Waals surface area contributed by atoms with Crippen molar-refractivity contribution in [3.8, 4) is 0 Å². The molecule has 0 aromatic heterocycles.